The Labute approximate surface area is 202 Å². The van der Waals surface area contributed by atoms with E-state index < -0.39 is 0 Å². The van der Waals surface area contributed by atoms with Crippen molar-refractivity contribution in [2.75, 3.05) is 40.4 Å². The number of nitrogens with zero attached hydrogens (tertiary/aromatic N) is 1. The van der Waals surface area contributed by atoms with Gasteiger partial charge in [-0.05, 0) is 55.9 Å². The minimum atomic E-state index is -0.0591. The Bertz CT molecular complexity index is 1010. The second-order valence-electron chi connectivity index (χ2n) is 8.71. The number of hydrogen-bond donors (Lipinski definition) is 1. The standard InChI is InChI=1S/C28H34N2O4/c1-30(2)15-6-16-31-24-11-9-22(10-12-24)18-29-19-26-21-33-27-14-13-25(17-28(27)34-26)32-20-23-7-4-3-5-8-23/h3-5,7-14,17,26,29H,6,15-16,18-21H2,1-2H3/t26-/m1/s1. The third-order valence-corrected chi connectivity index (χ3v) is 5.52. The maximum atomic E-state index is 6.16. The van der Waals surface area contributed by atoms with Crippen molar-refractivity contribution in [3.8, 4) is 23.0 Å². The summed E-state index contributed by atoms with van der Waals surface area (Å²) in [6.45, 7) is 4.25. The summed E-state index contributed by atoms with van der Waals surface area (Å²) in [6.07, 6.45) is 0.958. The van der Waals surface area contributed by atoms with Crippen molar-refractivity contribution in [2.24, 2.45) is 0 Å². The molecule has 0 aliphatic carbocycles. The average molecular weight is 463 g/mol. The predicted octanol–water partition coefficient (Wildman–Crippen LogP) is 4.53. The number of benzene rings is 3. The molecule has 1 atom stereocenters. The van der Waals surface area contributed by atoms with Gasteiger partial charge < -0.3 is 29.2 Å². The van der Waals surface area contributed by atoms with E-state index >= 15 is 0 Å². The molecular formula is C28H34N2O4. The first-order chi connectivity index (χ1) is 16.7. The largest absolute Gasteiger partial charge is 0.494 e. The molecule has 1 aliphatic heterocycles. The zero-order valence-corrected chi connectivity index (χ0v) is 20.0. The molecular weight excluding hydrogens is 428 g/mol. The van der Waals surface area contributed by atoms with Crippen LogP contribution in [0.25, 0.3) is 0 Å². The SMILES string of the molecule is CN(C)CCCOc1ccc(CNC[C@@H]2COc3ccc(OCc4ccccc4)cc3O2)cc1. The Morgan fingerprint density at radius 1 is 0.882 bits per heavy atom. The van der Waals surface area contributed by atoms with Gasteiger partial charge in [-0.25, -0.2) is 0 Å². The monoisotopic (exact) mass is 462 g/mol. The Balaban J connectivity index is 1.20. The molecule has 0 saturated carbocycles. The normalized spacial score (nSPS) is 14.7. The van der Waals surface area contributed by atoms with Crippen molar-refractivity contribution in [1.29, 1.82) is 0 Å². The molecule has 0 unspecified atom stereocenters. The van der Waals surface area contributed by atoms with Crippen LogP contribution in [0.4, 0.5) is 0 Å². The van der Waals surface area contributed by atoms with Crippen molar-refractivity contribution < 1.29 is 18.9 Å². The van der Waals surface area contributed by atoms with E-state index in [-0.39, 0.29) is 6.10 Å². The molecule has 0 bridgehead atoms. The lowest BCUT2D eigenvalue weighted by Gasteiger charge is -2.27. The van der Waals surface area contributed by atoms with Gasteiger partial charge in [0.1, 0.15) is 30.8 Å². The molecule has 6 nitrogen and oxygen atoms in total. The Kier molecular flexibility index (Phi) is 8.65. The minimum Gasteiger partial charge on any atom is -0.494 e. The van der Waals surface area contributed by atoms with E-state index in [1.54, 1.807) is 0 Å². The van der Waals surface area contributed by atoms with E-state index in [2.05, 4.69) is 36.4 Å². The molecule has 0 radical (unpaired) electrons. The van der Waals surface area contributed by atoms with Crippen LogP contribution in [0.5, 0.6) is 23.0 Å². The number of rotatable bonds is 12. The van der Waals surface area contributed by atoms with Gasteiger partial charge >= 0.3 is 0 Å². The Morgan fingerprint density at radius 3 is 2.47 bits per heavy atom. The molecule has 34 heavy (non-hydrogen) atoms. The van der Waals surface area contributed by atoms with Crippen molar-refractivity contribution in [1.82, 2.24) is 10.2 Å². The second-order valence-corrected chi connectivity index (χ2v) is 8.71. The van der Waals surface area contributed by atoms with Gasteiger partial charge in [0.2, 0.25) is 0 Å². The summed E-state index contributed by atoms with van der Waals surface area (Å²) in [5.74, 6) is 3.15. The molecule has 0 amide bonds. The van der Waals surface area contributed by atoms with Crippen LogP contribution >= 0.6 is 0 Å². The van der Waals surface area contributed by atoms with Gasteiger partial charge in [-0.2, -0.15) is 0 Å². The van der Waals surface area contributed by atoms with Crippen LogP contribution < -0.4 is 24.3 Å². The first kappa shape index (κ1) is 23.9. The van der Waals surface area contributed by atoms with Crippen LogP contribution in [0.3, 0.4) is 0 Å². The van der Waals surface area contributed by atoms with Gasteiger partial charge in [0.05, 0.1) is 6.61 Å². The number of nitrogens with one attached hydrogen (secondary N) is 1. The molecule has 0 aromatic heterocycles. The van der Waals surface area contributed by atoms with Crippen LogP contribution in [0.15, 0.2) is 72.8 Å². The summed E-state index contributed by atoms with van der Waals surface area (Å²) in [5, 5.41) is 3.47. The molecule has 0 fully saturated rings. The first-order valence-corrected chi connectivity index (χ1v) is 11.8. The van der Waals surface area contributed by atoms with Gasteiger partial charge in [0.15, 0.2) is 11.5 Å². The smallest absolute Gasteiger partial charge is 0.165 e. The van der Waals surface area contributed by atoms with Gasteiger partial charge in [0, 0.05) is 25.7 Å². The van der Waals surface area contributed by atoms with Crippen LogP contribution in [0, 0.1) is 0 Å². The summed E-state index contributed by atoms with van der Waals surface area (Å²) in [5.41, 5.74) is 2.33. The first-order valence-electron chi connectivity index (χ1n) is 11.8. The lowest BCUT2D eigenvalue weighted by molar-refractivity contribution is 0.0896. The van der Waals surface area contributed by atoms with Gasteiger partial charge in [0.25, 0.3) is 0 Å². The maximum absolute atomic E-state index is 6.16. The second kappa shape index (κ2) is 12.3. The summed E-state index contributed by atoms with van der Waals surface area (Å²) < 4.78 is 23.8. The van der Waals surface area contributed by atoms with Crippen molar-refractivity contribution in [3.05, 3.63) is 83.9 Å². The molecule has 0 saturated heterocycles. The predicted molar refractivity (Wildman–Crippen MR) is 134 cm³/mol. The van der Waals surface area contributed by atoms with Crippen LogP contribution in [0.1, 0.15) is 17.5 Å². The maximum Gasteiger partial charge on any atom is 0.165 e. The summed E-state index contributed by atoms with van der Waals surface area (Å²) >= 11 is 0. The Hall–Kier alpha value is -3.22. The fraction of sp³-hybridized carbons (Fsp3) is 0.357. The Morgan fingerprint density at radius 2 is 1.68 bits per heavy atom. The van der Waals surface area contributed by atoms with E-state index in [1.165, 1.54) is 5.56 Å². The highest BCUT2D eigenvalue weighted by Crippen LogP contribution is 2.35. The van der Waals surface area contributed by atoms with Gasteiger partial charge in [-0.15, -0.1) is 0 Å². The molecule has 4 rings (SSSR count). The molecule has 1 heterocycles. The molecule has 1 N–H and O–H groups in total. The number of fused-ring (bicyclic) bond motifs is 1. The van der Waals surface area contributed by atoms with Crippen molar-refractivity contribution >= 4 is 0 Å². The fourth-order valence-corrected chi connectivity index (χ4v) is 3.68. The highest BCUT2D eigenvalue weighted by molar-refractivity contribution is 5.46. The number of ether oxygens (including phenoxy) is 4. The van der Waals surface area contributed by atoms with Crippen LogP contribution in [-0.4, -0.2) is 51.4 Å². The molecule has 180 valence electrons. The third-order valence-electron chi connectivity index (χ3n) is 5.52. The van der Waals surface area contributed by atoms with Crippen LogP contribution in [0.2, 0.25) is 0 Å². The fourth-order valence-electron chi connectivity index (χ4n) is 3.68. The van der Waals surface area contributed by atoms with Gasteiger partial charge in [-0.1, -0.05) is 42.5 Å². The quantitative estimate of drug-likeness (QED) is 0.399. The third kappa shape index (κ3) is 7.40. The molecule has 1 aliphatic rings. The highest BCUT2D eigenvalue weighted by atomic mass is 16.6. The number of hydrogen-bond acceptors (Lipinski definition) is 6. The van der Waals surface area contributed by atoms with Crippen molar-refractivity contribution in [3.63, 3.8) is 0 Å². The summed E-state index contributed by atoms with van der Waals surface area (Å²) in [4.78, 5) is 2.16. The van der Waals surface area contributed by atoms with E-state index in [0.717, 1.165) is 54.7 Å². The van der Waals surface area contributed by atoms with E-state index in [9.17, 15) is 0 Å². The molecule has 6 heteroatoms. The van der Waals surface area contributed by atoms with E-state index in [4.69, 9.17) is 18.9 Å². The molecule has 0 spiro atoms. The average Bonchev–Trinajstić information content (AvgIpc) is 2.86. The minimum absolute atomic E-state index is 0.0591. The highest BCUT2D eigenvalue weighted by Gasteiger charge is 2.21. The van der Waals surface area contributed by atoms with E-state index in [0.29, 0.717) is 19.8 Å². The van der Waals surface area contributed by atoms with Crippen molar-refractivity contribution in [2.45, 2.75) is 25.7 Å². The molecule has 3 aromatic carbocycles. The van der Waals surface area contributed by atoms with Gasteiger partial charge in [-0.3, -0.25) is 0 Å². The topological polar surface area (TPSA) is 52.2 Å². The zero-order valence-electron chi connectivity index (χ0n) is 20.0. The molecule has 3 aromatic rings. The lowest BCUT2D eigenvalue weighted by atomic mass is 10.2. The lowest BCUT2D eigenvalue weighted by Crippen LogP contribution is -2.38. The summed E-state index contributed by atoms with van der Waals surface area (Å²) in [7, 11) is 4.15. The zero-order chi connectivity index (χ0) is 23.6. The van der Waals surface area contributed by atoms with E-state index in [1.807, 2.05) is 60.7 Å². The summed E-state index contributed by atoms with van der Waals surface area (Å²) in [6, 6.07) is 24.1. The van der Waals surface area contributed by atoms with Crippen LogP contribution in [-0.2, 0) is 13.2 Å².